The van der Waals surface area contributed by atoms with Crippen molar-refractivity contribution in [3.63, 3.8) is 0 Å². The molecule has 1 aliphatic heterocycles. The van der Waals surface area contributed by atoms with Crippen LogP contribution in [-0.4, -0.2) is 0 Å². The third kappa shape index (κ3) is 1.33. The van der Waals surface area contributed by atoms with Gasteiger partial charge in [-0.1, -0.05) is 46.3 Å². The number of nitrogens with one attached hydrogen (secondary N) is 1. The summed E-state index contributed by atoms with van der Waals surface area (Å²) >= 11 is 3.60. The molecule has 3 aromatic rings. The summed E-state index contributed by atoms with van der Waals surface area (Å²) in [6, 6.07) is 19.2. The standard InChI is InChI=1S/C16H10BrN/c17-11-8-10-4-3-7-15-16(10)13(9-11)12-5-1-2-6-14(12)18-15/h1-9,18H. The van der Waals surface area contributed by atoms with Gasteiger partial charge in [-0.15, -0.1) is 0 Å². The molecule has 1 aliphatic rings. The Bertz CT molecular complexity index is 777. The van der Waals surface area contributed by atoms with Crippen LogP contribution in [0.5, 0.6) is 0 Å². The van der Waals surface area contributed by atoms with Crippen LogP contribution in [-0.2, 0) is 0 Å². The van der Waals surface area contributed by atoms with E-state index in [4.69, 9.17) is 0 Å². The van der Waals surface area contributed by atoms with Gasteiger partial charge in [-0.05, 0) is 35.2 Å². The van der Waals surface area contributed by atoms with E-state index in [1.165, 1.54) is 33.3 Å². The lowest BCUT2D eigenvalue weighted by Gasteiger charge is -2.22. The van der Waals surface area contributed by atoms with E-state index >= 15 is 0 Å². The fourth-order valence-electron chi connectivity index (χ4n) is 2.68. The Kier molecular flexibility index (Phi) is 2.03. The van der Waals surface area contributed by atoms with Crippen molar-refractivity contribution in [2.45, 2.75) is 0 Å². The first-order chi connectivity index (χ1) is 8.83. The van der Waals surface area contributed by atoms with Crippen LogP contribution in [0.15, 0.2) is 59.1 Å². The second-order valence-corrected chi connectivity index (χ2v) is 5.44. The van der Waals surface area contributed by atoms with Crippen LogP contribution >= 0.6 is 15.9 Å². The highest BCUT2D eigenvalue weighted by atomic mass is 79.9. The van der Waals surface area contributed by atoms with Gasteiger partial charge in [-0.3, -0.25) is 0 Å². The van der Waals surface area contributed by atoms with Crippen LogP contribution in [0.3, 0.4) is 0 Å². The van der Waals surface area contributed by atoms with Gasteiger partial charge in [-0.2, -0.15) is 0 Å². The molecule has 0 saturated carbocycles. The second kappa shape index (κ2) is 3.59. The van der Waals surface area contributed by atoms with Gasteiger partial charge in [0.25, 0.3) is 0 Å². The second-order valence-electron chi connectivity index (χ2n) is 4.53. The van der Waals surface area contributed by atoms with E-state index < -0.39 is 0 Å². The van der Waals surface area contributed by atoms with E-state index in [9.17, 15) is 0 Å². The summed E-state index contributed by atoms with van der Waals surface area (Å²) in [5, 5.41) is 6.08. The van der Waals surface area contributed by atoms with Crippen molar-refractivity contribution in [1.29, 1.82) is 0 Å². The number of anilines is 2. The van der Waals surface area contributed by atoms with E-state index in [0.29, 0.717) is 0 Å². The molecular formula is C16H10BrN. The third-order valence-corrected chi connectivity index (χ3v) is 3.89. The molecule has 0 aromatic heterocycles. The number of hydrogen-bond donors (Lipinski definition) is 1. The maximum absolute atomic E-state index is 3.60. The van der Waals surface area contributed by atoms with Crippen molar-refractivity contribution in [1.82, 2.24) is 0 Å². The van der Waals surface area contributed by atoms with Gasteiger partial charge in [-0.25, -0.2) is 0 Å². The van der Waals surface area contributed by atoms with Crippen LogP contribution in [0, 0.1) is 0 Å². The van der Waals surface area contributed by atoms with Crippen molar-refractivity contribution >= 4 is 38.1 Å². The number of para-hydroxylation sites is 1. The SMILES string of the molecule is Brc1cc2c3c(cccc3c1)Nc1ccccc1-2. The summed E-state index contributed by atoms with van der Waals surface area (Å²) in [6.45, 7) is 0. The number of benzene rings is 3. The Balaban J connectivity index is 2.22. The Morgan fingerprint density at radius 3 is 2.56 bits per heavy atom. The molecular weight excluding hydrogens is 286 g/mol. The first-order valence-corrected chi connectivity index (χ1v) is 6.71. The van der Waals surface area contributed by atoms with Crippen LogP contribution in [0.4, 0.5) is 11.4 Å². The molecule has 18 heavy (non-hydrogen) atoms. The molecule has 0 saturated heterocycles. The van der Waals surface area contributed by atoms with E-state index in [-0.39, 0.29) is 0 Å². The summed E-state index contributed by atoms with van der Waals surface area (Å²) in [5.41, 5.74) is 4.93. The zero-order valence-electron chi connectivity index (χ0n) is 9.57. The Morgan fingerprint density at radius 2 is 1.61 bits per heavy atom. The molecule has 0 amide bonds. The van der Waals surface area contributed by atoms with Crippen molar-refractivity contribution in [3.8, 4) is 11.1 Å². The number of halogens is 1. The molecule has 0 unspecified atom stereocenters. The molecule has 2 heteroatoms. The van der Waals surface area contributed by atoms with Crippen LogP contribution in [0.25, 0.3) is 21.9 Å². The Morgan fingerprint density at radius 1 is 0.778 bits per heavy atom. The molecule has 0 spiro atoms. The third-order valence-electron chi connectivity index (χ3n) is 3.43. The van der Waals surface area contributed by atoms with Gasteiger partial charge in [0, 0.05) is 26.8 Å². The van der Waals surface area contributed by atoms with Crippen LogP contribution < -0.4 is 5.32 Å². The fraction of sp³-hybridized carbons (Fsp3) is 0. The molecule has 0 bridgehead atoms. The normalized spacial score (nSPS) is 12.1. The summed E-state index contributed by atoms with van der Waals surface area (Å²) in [5.74, 6) is 0. The summed E-state index contributed by atoms with van der Waals surface area (Å²) in [4.78, 5) is 0. The first-order valence-electron chi connectivity index (χ1n) is 5.92. The monoisotopic (exact) mass is 295 g/mol. The quantitative estimate of drug-likeness (QED) is 0.462. The minimum absolute atomic E-state index is 1.12. The number of hydrogen-bond acceptors (Lipinski definition) is 1. The smallest absolute Gasteiger partial charge is 0.0470 e. The topological polar surface area (TPSA) is 12.0 Å². The van der Waals surface area contributed by atoms with Crippen molar-refractivity contribution in [2.24, 2.45) is 0 Å². The van der Waals surface area contributed by atoms with Gasteiger partial charge in [0.15, 0.2) is 0 Å². The van der Waals surface area contributed by atoms with Crippen molar-refractivity contribution in [2.75, 3.05) is 5.32 Å². The molecule has 0 fully saturated rings. The van der Waals surface area contributed by atoms with Gasteiger partial charge >= 0.3 is 0 Å². The fourth-order valence-corrected chi connectivity index (χ4v) is 3.16. The molecule has 1 heterocycles. The summed E-state index contributed by atoms with van der Waals surface area (Å²) < 4.78 is 1.12. The van der Waals surface area contributed by atoms with E-state index in [1.54, 1.807) is 0 Å². The summed E-state index contributed by atoms with van der Waals surface area (Å²) in [6.07, 6.45) is 0. The van der Waals surface area contributed by atoms with Gasteiger partial charge in [0.1, 0.15) is 0 Å². The van der Waals surface area contributed by atoms with Crippen molar-refractivity contribution < 1.29 is 0 Å². The molecule has 86 valence electrons. The average Bonchev–Trinajstić information content (AvgIpc) is 2.38. The zero-order chi connectivity index (χ0) is 12.1. The highest BCUT2D eigenvalue weighted by Crippen LogP contribution is 2.44. The first kappa shape index (κ1) is 10.2. The van der Waals surface area contributed by atoms with E-state index in [0.717, 1.165) is 4.47 Å². The predicted molar refractivity (Wildman–Crippen MR) is 80.4 cm³/mol. The minimum atomic E-state index is 1.12. The lowest BCUT2D eigenvalue weighted by atomic mass is 9.93. The van der Waals surface area contributed by atoms with Gasteiger partial charge in [0.2, 0.25) is 0 Å². The van der Waals surface area contributed by atoms with E-state index in [2.05, 4.69) is 75.8 Å². The Labute approximate surface area is 114 Å². The minimum Gasteiger partial charge on any atom is -0.354 e. The number of fused-ring (bicyclic) bond motifs is 2. The van der Waals surface area contributed by atoms with Crippen LogP contribution in [0.2, 0.25) is 0 Å². The molecule has 3 aromatic carbocycles. The van der Waals surface area contributed by atoms with Gasteiger partial charge in [0.05, 0.1) is 0 Å². The number of rotatable bonds is 0. The maximum atomic E-state index is 3.60. The molecule has 0 aliphatic carbocycles. The van der Waals surface area contributed by atoms with E-state index in [1.807, 2.05) is 0 Å². The largest absolute Gasteiger partial charge is 0.354 e. The van der Waals surface area contributed by atoms with Crippen molar-refractivity contribution in [3.05, 3.63) is 59.1 Å². The summed E-state index contributed by atoms with van der Waals surface area (Å²) in [7, 11) is 0. The lowest BCUT2D eigenvalue weighted by molar-refractivity contribution is 1.52. The molecule has 1 N–H and O–H groups in total. The molecule has 0 atom stereocenters. The highest BCUT2D eigenvalue weighted by Gasteiger charge is 2.17. The zero-order valence-corrected chi connectivity index (χ0v) is 11.2. The molecule has 1 nitrogen and oxygen atoms in total. The van der Waals surface area contributed by atoms with Gasteiger partial charge < -0.3 is 5.32 Å². The Hall–Kier alpha value is -1.80. The highest BCUT2D eigenvalue weighted by molar-refractivity contribution is 9.10. The lowest BCUT2D eigenvalue weighted by Crippen LogP contribution is -2.00. The predicted octanol–water partition coefficient (Wildman–Crippen LogP) is 5.33. The molecule has 0 radical (unpaired) electrons. The van der Waals surface area contributed by atoms with Crippen LogP contribution in [0.1, 0.15) is 0 Å². The molecule has 4 rings (SSSR count). The maximum Gasteiger partial charge on any atom is 0.0470 e. The average molecular weight is 296 g/mol.